The number of aryl methyl sites for hydroxylation is 1. The molecule has 6 nitrogen and oxygen atoms in total. The van der Waals surface area contributed by atoms with E-state index in [1.165, 1.54) is 0 Å². The monoisotopic (exact) mass is 290 g/mol. The maximum atomic E-state index is 11.8. The molecule has 0 spiro atoms. The van der Waals surface area contributed by atoms with Crippen LogP contribution in [0.1, 0.15) is 48.2 Å². The maximum absolute atomic E-state index is 11.8. The summed E-state index contributed by atoms with van der Waals surface area (Å²) in [6.07, 6.45) is 3.38. The Kier molecular flexibility index (Phi) is 4.88. The van der Waals surface area contributed by atoms with Crippen LogP contribution in [0.3, 0.4) is 0 Å². The van der Waals surface area contributed by atoms with Gasteiger partial charge in [0.05, 0.1) is 0 Å². The van der Waals surface area contributed by atoms with Crippen molar-refractivity contribution in [2.24, 2.45) is 11.7 Å². The molecule has 0 aromatic carbocycles. The first-order chi connectivity index (χ1) is 9.99. The Morgan fingerprint density at radius 1 is 1.43 bits per heavy atom. The minimum absolute atomic E-state index is 0.205. The van der Waals surface area contributed by atoms with Crippen molar-refractivity contribution in [3.63, 3.8) is 0 Å². The van der Waals surface area contributed by atoms with E-state index in [1.54, 1.807) is 13.0 Å². The summed E-state index contributed by atoms with van der Waals surface area (Å²) in [5.74, 6) is 0.604. The van der Waals surface area contributed by atoms with Gasteiger partial charge in [-0.25, -0.2) is 9.97 Å². The lowest BCUT2D eigenvalue weighted by Gasteiger charge is -2.32. The third-order valence-corrected chi connectivity index (χ3v) is 3.82. The molecular weight excluding hydrogens is 268 g/mol. The highest BCUT2D eigenvalue weighted by atomic mass is 16.2. The highest BCUT2D eigenvalue weighted by Gasteiger charge is 2.23. The number of carbonyl (C=O) groups is 2. The predicted octanol–water partition coefficient (Wildman–Crippen LogP) is 1.08. The van der Waals surface area contributed by atoms with Gasteiger partial charge < -0.3 is 10.6 Å². The van der Waals surface area contributed by atoms with E-state index in [9.17, 15) is 9.59 Å². The van der Waals surface area contributed by atoms with Crippen LogP contribution in [0, 0.1) is 12.8 Å². The summed E-state index contributed by atoms with van der Waals surface area (Å²) in [7, 11) is 0. The van der Waals surface area contributed by atoms with Crippen molar-refractivity contribution in [3.8, 4) is 0 Å². The molecule has 2 N–H and O–H groups in total. The third-order valence-electron chi connectivity index (χ3n) is 3.82. The van der Waals surface area contributed by atoms with E-state index in [0.717, 1.165) is 38.0 Å². The van der Waals surface area contributed by atoms with Gasteiger partial charge in [0.2, 0.25) is 5.91 Å². The number of piperidine rings is 1. The molecule has 114 valence electrons. The molecule has 0 unspecified atom stereocenters. The molecule has 1 aliphatic heterocycles. The summed E-state index contributed by atoms with van der Waals surface area (Å²) in [4.78, 5) is 33.4. The van der Waals surface area contributed by atoms with Crippen molar-refractivity contribution >= 4 is 11.8 Å². The van der Waals surface area contributed by atoms with Gasteiger partial charge in [-0.15, -0.1) is 0 Å². The summed E-state index contributed by atoms with van der Waals surface area (Å²) < 4.78 is 0. The average molecular weight is 290 g/mol. The summed E-state index contributed by atoms with van der Waals surface area (Å²) in [6, 6.07) is 1.66. The number of nitrogens with two attached hydrogens (primary N) is 1. The quantitative estimate of drug-likeness (QED) is 0.898. The van der Waals surface area contributed by atoms with Crippen LogP contribution in [-0.2, 0) is 11.2 Å². The number of likely N-dealkylation sites (tertiary alicyclic amines) is 1. The predicted molar refractivity (Wildman–Crippen MR) is 78.6 cm³/mol. The normalized spacial score (nSPS) is 18.6. The zero-order valence-corrected chi connectivity index (χ0v) is 12.6. The van der Waals surface area contributed by atoms with E-state index in [2.05, 4.69) is 9.97 Å². The molecule has 2 heterocycles. The second-order valence-electron chi connectivity index (χ2n) is 5.56. The first-order valence-corrected chi connectivity index (χ1v) is 7.41. The van der Waals surface area contributed by atoms with E-state index >= 15 is 0 Å². The van der Waals surface area contributed by atoms with E-state index in [0.29, 0.717) is 18.2 Å². The topological polar surface area (TPSA) is 89.2 Å². The Labute approximate surface area is 124 Å². The summed E-state index contributed by atoms with van der Waals surface area (Å²) in [5.41, 5.74) is 6.37. The van der Waals surface area contributed by atoms with Crippen molar-refractivity contribution in [2.75, 3.05) is 13.1 Å². The van der Waals surface area contributed by atoms with Crippen LogP contribution >= 0.6 is 0 Å². The molecule has 0 aliphatic carbocycles. The number of hydrogen-bond acceptors (Lipinski definition) is 4. The zero-order valence-electron chi connectivity index (χ0n) is 12.6. The fraction of sp³-hybridized carbons (Fsp3) is 0.600. The Hall–Kier alpha value is -1.98. The van der Waals surface area contributed by atoms with Crippen molar-refractivity contribution in [1.29, 1.82) is 0 Å². The maximum Gasteiger partial charge on any atom is 0.267 e. The summed E-state index contributed by atoms with van der Waals surface area (Å²) in [5, 5.41) is 0. The average Bonchev–Trinajstić information content (AvgIpc) is 2.46. The smallest absolute Gasteiger partial charge is 0.267 e. The van der Waals surface area contributed by atoms with Gasteiger partial charge >= 0.3 is 0 Å². The van der Waals surface area contributed by atoms with Crippen molar-refractivity contribution in [2.45, 2.75) is 39.5 Å². The van der Waals surface area contributed by atoms with Gasteiger partial charge in [-0.1, -0.05) is 6.92 Å². The standard InChI is InChI=1S/C15H22N4O2/c1-3-14(20)19-6-4-5-11(9-19)7-12-8-13(15(16)21)18-10(2)17-12/h8,11H,3-7,9H2,1-2H3,(H2,16,21)/t11-/m0/s1. The number of rotatable bonds is 4. The molecule has 1 atom stereocenters. The van der Waals surface area contributed by atoms with Gasteiger partial charge in [0, 0.05) is 25.2 Å². The number of amides is 2. The first kappa shape index (κ1) is 15.4. The lowest BCUT2D eigenvalue weighted by molar-refractivity contribution is -0.132. The van der Waals surface area contributed by atoms with E-state index in [-0.39, 0.29) is 11.6 Å². The minimum Gasteiger partial charge on any atom is -0.364 e. The van der Waals surface area contributed by atoms with Gasteiger partial charge in [0.25, 0.3) is 5.91 Å². The number of carbonyl (C=O) groups excluding carboxylic acids is 2. The SMILES string of the molecule is CCC(=O)N1CCC[C@@H](Cc2cc(C(N)=O)nc(C)n2)C1. The van der Waals surface area contributed by atoms with Gasteiger partial charge in [-0.3, -0.25) is 9.59 Å². The highest BCUT2D eigenvalue weighted by molar-refractivity contribution is 5.90. The van der Waals surface area contributed by atoms with Gasteiger partial charge in [0.15, 0.2) is 0 Å². The highest BCUT2D eigenvalue weighted by Crippen LogP contribution is 2.21. The second kappa shape index (κ2) is 6.65. The lowest BCUT2D eigenvalue weighted by atomic mass is 9.93. The van der Waals surface area contributed by atoms with Crippen molar-refractivity contribution in [3.05, 3.63) is 23.3 Å². The molecule has 21 heavy (non-hydrogen) atoms. The first-order valence-electron chi connectivity index (χ1n) is 7.41. The Balaban J connectivity index is 2.07. The molecule has 1 aromatic heterocycles. The molecule has 1 saturated heterocycles. The minimum atomic E-state index is -0.534. The molecule has 0 bridgehead atoms. The van der Waals surface area contributed by atoms with Crippen LogP contribution < -0.4 is 5.73 Å². The molecule has 2 rings (SSSR count). The van der Waals surface area contributed by atoms with Gasteiger partial charge in [-0.05, 0) is 38.2 Å². The van der Waals surface area contributed by atoms with E-state index < -0.39 is 5.91 Å². The van der Waals surface area contributed by atoms with Crippen LogP contribution in [-0.4, -0.2) is 39.8 Å². The van der Waals surface area contributed by atoms with Crippen molar-refractivity contribution < 1.29 is 9.59 Å². The van der Waals surface area contributed by atoms with E-state index in [1.807, 2.05) is 11.8 Å². The van der Waals surface area contributed by atoms with Crippen LogP contribution in [0.5, 0.6) is 0 Å². The Bertz CT molecular complexity index is 544. The number of aromatic nitrogens is 2. The fourth-order valence-corrected chi connectivity index (χ4v) is 2.84. The van der Waals surface area contributed by atoms with Gasteiger partial charge in [0.1, 0.15) is 11.5 Å². The van der Waals surface area contributed by atoms with E-state index in [4.69, 9.17) is 5.73 Å². The Morgan fingerprint density at radius 3 is 2.86 bits per heavy atom. The molecule has 0 saturated carbocycles. The second-order valence-corrected chi connectivity index (χ2v) is 5.56. The van der Waals surface area contributed by atoms with Crippen LogP contribution in [0.4, 0.5) is 0 Å². The number of hydrogen-bond donors (Lipinski definition) is 1. The van der Waals surface area contributed by atoms with Crippen LogP contribution in [0.15, 0.2) is 6.07 Å². The lowest BCUT2D eigenvalue weighted by Crippen LogP contribution is -2.40. The Morgan fingerprint density at radius 2 is 2.19 bits per heavy atom. The zero-order chi connectivity index (χ0) is 15.4. The summed E-state index contributed by atoms with van der Waals surface area (Å²) >= 11 is 0. The van der Waals surface area contributed by atoms with Gasteiger partial charge in [-0.2, -0.15) is 0 Å². The molecule has 6 heteroatoms. The van der Waals surface area contributed by atoms with Crippen LogP contribution in [0.25, 0.3) is 0 Å². The fourth-order valence-electron chi connectivity index (χ4n) is 2.84. The molecule has 1 fully saturated rings. The molecular formula is C15H22N4O2. The summed E-state index contributed by atoms with van der Waals surface area (Å²) in [6.45, 7) is 5.25. The van der Waals surface area contributed by atoms with Crippen LogP contribution in [0.2, 0.25) is 0 Å². The molecule has 1 aromatic rings. The molecule has 0 radical (unpaired) electrons. The molecule has 1 aliphatic rings. The number of primary amides is 1. The van der Waals surface area contributed by atoms with Crippen molar-refractivity contribution in [1.82, 2.24) is 14.9 Å². The third kappa shape index (κ3) is 4.00. The largest absolute Gasteiger partial charge is 0.364 e. The molecule has 2 amide bonds. The number of nitrogens with zero attached hydrogens (tertiary/aromatic N) is 3.